The number of benzene rings is 1. The van der Waals surface area contributed by atoms with Crippen LogP contribution in [0.2, 0.25) is 0 Å². The van der Waals surface area contributed by atoms with Gasteiger partial charge in [-0.3, -0.25) is 0 Å². The second kappa shape index (κ2) is 6.55. The highest BCUT2D eigenvalue weighted by molar-refractivity contribution is 7.88. The molecular formula is C12H17F3N2O2S. The van der Waals surface area contributed by atoms with Crippen molar-refractivity contribution in [1.29, 1.82) is 0 Å². The van der Waals surface area contributed by atoms with Crippen molar-refractivity contribution in [2.45, 2.75) is 37.9 Å². The molecule has 114 valence electrons. The van der Waals surface area contributed by atoms with Gasteiger partial charge in [0.05, 0.1) is 12.2 Å². The third-order valence-corrected chi connectivity index (χ3v) is 4.01. The van der Waals surface area contributed by atoms with E-state index in [-0.39, 0.29) is 5.75 Å². The summed E-state index contributed by atoms with van der Waals surface area (Å²) in [5.41, 5.74) is 6.76. The lowest BCUT2D eigenvalue weighted by Crippen LogP contribution is -2.36. The van der Waals surface area contributed by atoms with Crippen molar-refractivity contribution in [2.75, 3.05) is 0 Å². The number of hydrogen-bond acceptors (Lipinski definition) is 3. The van der Waals surface area contributed by atoms with Gasteiger partial charge in [0.25, 0.3) is 0 Å². The van der Waals surface area contributed by atoms with Crippen molar-refractivity contribution in [3.63, 3.8) is 0 Å². The summed E-state index contributed by atoms with van der Waals surface area (Å²) < 4.78 is 61.9. The summed E-state index contributed by atoms with van der Waals surface area (Å²) in [6, 6.07) is 5.36. The minimum atomic E-state index is -4.40. The highest BCUT2D eigenvalue weighted by Gasteiger charge is 2.31. The maximum Gasteiger partial charge on any atom is 0.390 e. The molecule has 0 amide bonds. The smallest absolute Gasteiger partial charge is 0.326 e. The fraction of sp³-hybridized carbons (Fsp3) is 0.500. The minimum Gasteiger partial charge on any atom is -0.326 e. The van der Waals surface area contributed by atoms with Crippen molar-refractivity contribution in [2.24, 2.45) is 5.73 Å². The molecule has 1 rings (SSSR count). The fourth-order valence-electron chi connectivity index (χ4n) is 1.73. The van der Waals surface area contributed by atoms with Crippen molar-refractivity contribution in [1.82, 2.24) is 4.72 Å². The van der Waals surface area contributed by atoms with Crippen molar-refractivity contribution in [3.8, 4) is 0 Å². The van der Waals surface area contributed by atoms with Crippen LogP contribution in [-0.4, -0.2) is 20.6 Å². The quantitative estimate of drug-likeness (QED) is 0.843. The number of alkyl halides is 3. The second-order valence-corrected chi connectivity index (χ2v) is 6.37. The van der Waals surface area contributed by atoms with Gasteiger partial charge in [-0.1, -0.05) is 24.3 Å². The molecule has 0 saturated carbocycles. The zero-order valence-corrected chi connectivity index (χ0v) is 11.8. The number of halogens is 3. The van der Waals surface area contributed by atoms with E-state index in [1.807, 2.05) is 4.72 Å². The minimum absolute atomic E-state index is 0.341. The summed E-state index contributed by atoms with van der Waals surface area (Å²) in [7, 11) is -3.81. The number of nitrogens with two attached hydrogens (primary N) is 1. The molecule has 4 nitrogen and oxygen atoms in total. The first-order valence-electron chi connectivity index (χ1n) is 5.96. The summed E-state index contributed by atoms with van der Waals surface area (Å²) in [6.07, 6.45) is -5.59. The lowest BCUT2D eigenvalue weighted by Gasteiger charge is -2.16. The lowest BCUT2D eigenvalue weighted by molar-refractivity contribution is -0.137. The molecule has 0 aliphatic carbocycles. The van der Waals surface area contributed by atoms with Crippen LogP contribution in [0.1, 0.15) is 24.5 Å². The Labute approximate surface area is 116 Å². The van der Waals surface area contributed by atoms with E-state index < -0.39 is 28.7 Å². The third kappa shape index (κ3) is 6.36. The zero-order valence-electron chi connectivity index (χ0n) is 10.9. The number of sulfonamides is 1. The van der Waals surface area contributed by atoms with Crippen LogP contribution < -0.4 is 10.5 Å². The Kier molecular flexibility index (Phi) is 5.55. The molecule has 0 aliphatic rings. The van der Waals surface area contributed by atoms with E-state index in [2.05, 4.69) is 0 Å². The van der Waals surface area contributed by atoms with E-state index in [1.54, 1.807) is 24.3 Å². The molecule has 0 radical (unpaired) electrons. The van der Waals surface area contributed by atoms with Gasteiger partial charge in [0.15, 0.2) is 0 Å². The largest absolute Gasteiger partial charge is 0.390 e. The molecule has 0 fully saturated rings. The van der Waals surface area contributed by atoms with Gasteiger partial charge in [0, 0.05) is 12.6 Å². The monoisotopic (exact) mass is 310 g/mol. The van der Waals surface area contributed by atoms with Crippen molar-refractivity contribution < 1.29 is 21.6 Å². The summed E-state index contributed by atoms with van der Waals surface area (Å²) in [4.78, 5) is 0. The van der Waals surface area contributed by atoms with Crippen LogP contribution in [0.25, 0.3) is 0 Å². The molecule has 1 unspecified atom stereocenters. The predicted molar refractivity (Wildman–Crippen MR) is 70.2 cm³/mol. The molecule has 0 heterocycles. The molecule has 0 saturated heterocycles. The van der Waals surface area contributed by atoms with E-state index in [0.717, 1.165) is 5.56 Å². The van der Waals surface area contributed by atoms with E-state index in [1.165, 1.54) is 6.92 Å². The Morgan fingerprint density at radius 2 is 1.70 bits per heavy atom. The van der Waals surface area contributed by atoms with Gasteiger partial charge in [-0.05, 0) is 18.1 Å². The molecule has 20 heavy (non-hydrogen) atoms. The van der Waals surface area contributed by atoms with Crippen LogP contribution in [0.5, 0.6) is 0 Å². The van der Waals surface area contributed by atoms with Gasteiger partial charge in [-0.2, -0.15) is 13.2 Å². The van der Waals surface area contributed by atoms with Crippen LogP contribution in [-0.2, 0) is 22.3 Å². The van der Waals surface area contributed by atoms with Gasteiger partial charge in [0.1, 0.15) is 0 Å². The molecule has 8 heteroatoms. The molecule has 1 aromatic carbocycles. The van der Waals surface area contributed by atoms with Crippen LogP contribution in [0.15, 0.2) is 24.3 Å². The first-order valence-corrected chi connectivity index (χ1v) is 7.61. The maximum absolute atomic E-state index is 12.1. The van der Waals surface area contributed by atoms with E-state index in [4.69, 9.17) is 5.73 Å². The highest BCUT2D eigenvalue weighted by atomic mass is 32.2. The SMILES string of the molecule is CC(CC(F)(F)F)NS(=O)(=O)Cc1ccc(CN)cc1. The summed E-state index contributed by atoms with van der Waals surface area (Å²) in [5.74, 6) is -0.361. The molecular weight excluding hydrogens is 293 g/mol. The lowest BCUT2D eigenvalue weighted by atomic mass is 10.1. The van der Waals surface area contributed by atoms with Crippen molar-refractivity contribution in [3.05, 3.63) is 35.4 Å². The van der Waals surface area contributed by atoms with Crippen LogP contribution in [0, 0.1) is 0 Å². The summed E-state index contributed by atoms with van der Waals surface area (Å²) in [5, 5.41) is 0. The van der Waals surface area contributed by atoms with Gasteiger partial charge in [0.2, 0.25) is 10.0 Å². The molecule has 1 aromatic rings. The van der Waals surface area contributed by atoms with Gasteiger partial charge in [-0.15, -0.1) is 0 Å². The first-order chi connectivity index (χ1) is 9.11. The zero-order chi connectivity index (χ0) is 15.4. The average molecular weight is 310 g/mol. The topological polar surface area (TPSA) is 72.2 Å². The Hall–Kier alpha value is -1.12. The second-order valence-electron chi connectivity index (χ2n) is 4.62. The van der Waals surface area contributed by atoms with Gasteiger partial charge < -0.3 is 5.73 Å². The summed E-state index contributed by atoms with van der Waals surface area (Å²) >= 11 is 0. The van der Waals surface area contributed by atoms with Crippen LogP contribution in [0.3, 0.4) is 0 Å². The number of nitrogens with one attached hydrogen (secondary N) is 1. The summed E-state index contributed by atoms with van der Waals surface area (Å²) in [6.45, 7) is 1.52. The van der Waals surface area contributed by atoms with Crippen LogP contribution in [0.4, 0.5) is 13.2 Å². The van der Waals surface area contributed by atoms with E-state index in [9.17, 15) is 21.6 Å². The van der Waals surface area contributed by atoms with Gasteiger partial charge in [-0.25, -0.2) is 13.1 Å². The Morgan fingerprint density at radius 1 is 1.20 bits per heavy atom. The first kappa shape index (κ1) is 16.9. The Balaban J connectivity index is 2.64. The third-order valence-electron chi connectivity index (χ3n) is 2.53. The molecule has 3 N–H and O–H groups in total. The molecule has 0 aromatic heterocycles. The number of rotatable bonds is 6. The van der Waals surface area contributed by atoms with E-state index >= 15 is 0 Å². The highest BCUT2D eigenvalue weighted by Crippen LogP contribution is 2.21. The fourth-order valence-corrected chi connectivity index (χ4v) is 3.14. The molecule has 0 bridgehead atoms. The Morgan fingerprint density at radius 3 is 2.15 bits per heavy atom. The van der Waals surface area contributed by atoms with Crippen molar-refractivity contribution >= 4 is 10.0 Å². The maximum atomic E-state index is 12.1. The molecule has 0 spiro atoms. The normalized spacial score (nSPS) is 14.2. The number of hydrogen-bond donors (Lipinski definition) is 2. The average Bonchev–Trinajstić information content (AvgIpc) is 2.25. The van der Waals surface area contributed by atoms with Gasteiger partial charge >= 0.3 is 6.18 Å². The molecule has 1 atom stereocenters. The van der Waals surface area contributed by atoms with E-state index in [0.29, 0.717) is 12.1 Å². The predicted octanol–water partition coefficient (Wildman–Crippen LogP) is 1.91. The molecule has 0 aliphatic heterocycles. The Bertz CT molecular complexity index is 527. The van der Waals surface area contributed by atoms with Crippen LogP contribution >= 0.6 is 0 Å². The standard InChI is InChI=1S/C12H17F3N2O2S/c1-9(6-12(13,14)15)17-20(18,19)8-11-4-2-10(7-16)3-5-11/h2-5,9,17H,6-8,16H2,1H3.